The van der Waals surface area contributed by atoms with E-state index >= 15 is 0 Å². The van der Waals surface area contributed by atoms with Gasteiger partial charge in [-0.15, -0.1) is 0 Å². The summed E-state index contributed by atoms with van der Waals surface area (Å²) in [6.07, 6.45) is 4.08. The van der Waals surface area contributed by atoms with Gasteiger partial charge in [0.25, 0.3) is 0 Å². The van der Waals surface area contributed by atoms with Crippen molar-refractivity contribution in [2.75, 3.05) is 19.6 Å². The lowest BCUT2D eigenvalue weighted by Crippen LogP contribution is -2.45. The van der Waals surface area contributed by atoms with Gasteiger partial charge in [0.05, 0.1) is 6.54 Å². The Balaban J connectivity index is 2.33. The summed E-state index contributed by atoms with van der Waals surface area (Å²) in [5, 5.41) is 3.01. The van der Waals surface area contributed by atoms with E-state index < -0.39 is 0 Å². The van der Waals surface area contributed by atoms with Crippen molar-refractivity contribution in [1.82, 2.24) is 10.2 Å². The zero-order valence-electron chi connectivity index (χ0n) is 11.9. The number of carbonyl (C=O) groups excluding carboxylic acids is 2. The molecule has 0 aromatic rings. The van der Waals surface area contributed by atoms with Crippen LogP contribution in [0.15, 0.2) is 0 Å². The Kier molecular flexibility index (Phi) is 6.33. The molecule has 0 bridgehead atoms. The maximum atomic E-state index is 11.8. The molecule has 18 heavy (non-hydrogen) atoms. The summed E-state index contributed by atoms with van der Waals surface area (Å²) >= 11 is 0. The zero-order valence-corrected chi connectivity index (χ0v) is 11.9. The molecule has 0 spiro atoms. The summed E-state index contributed by atoms with van der Waals surface area (Å²) in [6, 6.07) is 0.246. The fourth-order valence-electron chi connectivity index (χ4n) is 2.56. The number of carbonyl (C=O) groups is 2. The predicted octanol–water partition coefficient (Wildman–Crippen LogP) is 1.59. The highest BCUT2D eigenvalue weighted by molar-refractivity contribution is 5.80. The van der Waals surface area contributed by atoms with Crippen molar-refractivity contribution in [2.45, 2.75) is 52.5 Å². The maximum Gasteiger partial charge on any atom is 0.234 e. The average molecular weight is 254 g/mol. The fourth-order valence-corrected chi connectivity index (χ4v) is 2.56. The van der Waals surface area contributed by atoms with Crippen molar-refractivity contribution >= 4 is 11.7 Å². The summed E-state index contributed by atoms with van der Waals surface area (Å²) in [5.74, 6) is 0.458. The Morgan fingerprint density at radius 1 is 1.44 bits per heavy atom. The van der Waals surface area contributed by atoms with Gasteiger partial charge in [-0.25, -0.2) is 0 Å². The summed E-state index contributed by atoms with van der Waals surface area (Å²) in [6.45, 7) is 7.90. The Hall–Kier alpha value is -0.900. The fraction of sp³-hybridized carbons (Fsp3) is 0.857. The van der Waals surface area contributed by atoms with Crippen molar-refractivity contribution in [3.05, 3.63) is 0 Å². The number of hydrogen-bond acceptors (Lipinski definition) is 3. The average Bonchev–Trinajstić information content (AvgIpc) is 2.29. The normalized spacial score (nSPS) is 22.5. The maximum absolute atomic E-state index is 11.8. The van der Waals surface area contributed by atoms with Gasteiger partial charge in [-0.1, -0.05) is 13.3 Å². The lowest BCUT2D eigenvalue weighted by Gasteiger charge is -2.31. The Morgan fingerprint density at radius 2 is 2.17 bits per heavy atom. The van der Waals surface area contributed by atoms with E-state index in [9.17, 15) is 9.59 Å². The van der Waals surface area contributed by atoms with Crippen LogP contribution < -0.4 is 5.32 Å². The third-order valence-corrected chi connectivity index (χ3v) is 3.58. The second-order valence-electron chi connectivity index (χ2n) is 5.44. The first kappa shape index (κ1) is 15.2. The molecule has 104 valence electrons. The zero-order chi connectivity index (χ0) is 13.5. The second-order valence-corrected chi connectivity index (χ2v) is 5.44. The minimum absolute atomic E-state index is 0.0835. The van der Waals surface area contributed by atoms with Gasteiger partial charge in [0.1, 0.15) is 5.78 Å². The third kappa shape index (κ3) is 5.17. The summed E-state index contributed by atoms with van der Waals surface area (Å²) in [7, 11) is 0. The smallest absolute Gasteiger partial charge is 0.234 e. The van der Waals surface area contributed by atoms with Gasteiger partial charge in [0.2, 0.25) is 5.91 Å². The third-order valence-electron chi connectivity index (χ3n) is 3.58. The van der Waals surface area contributed by atoms with E-state index in [1.54, 1.807) is 6.92 Å². The SMILES string of the molecule is CCCC(C)NC(=O)CN1CCCC(C(C)=O)C1. The summed E-state index contributed by atoms with van der Waals surface area (Å²) in [4.78, 5) is 25.3. The molecule has 0 radical (unpaired) electrons. The molecule has 4 heteroatoms. The van der Waals surface area contributed by atoms with Crippen molar-refractivity contribution < 1.29 is 9.59 Å². The first-order chi connectivity index (χ1) is 8.52. The highest BCUT2D eigenvalue weighted by Crippen LogP contribution is 2.16. The van der Waals surface area contributed by atoms with Crippen molar-refractivity contribution in [1.29, 1.82) is 0 Å². The van der Waals surface area contributed by atoms with Crippen molar-refractivity contribution in [3.8, 4) is 0 Å². The monoisotopic (exact) mass is 254 g/mol. The van der Waals surface area contributed by atoms with Crippen LogP contribution in [0.25, 0.3) is 0 Å². The van der Waals surface area contributed by atoms with E-state index in [4.69, 9.17) is 0 Å². The van der Waals surface area contributed by atoms with Crippen LogP contribution in [0.5, 0.6) is 0 Å². The minimum atomic E-state index is 0.0835. The van der Waals surface area contributed by atoms with Crippen LogP contribution in [-0.4, -0.2) is 42.3 Å². The first-order valence-electron chi connectivity index (χ1n) is 7.05. The van der Waals surface area contributed by atoms with E-state index in [2.05, 4.69) is 17.1 Å². The van der Waals surface area contributed by atoms with Gasteiger partial charge in [0, 0.05) is 18.5 Å². The largest absolute Gasteiger partial charge is 0.353 e. The molecule has 1 fully saturated rings. The Labute approximate surface area is 110 Å². The number of Topliss-reactive ketones (excluding diaryl/α,β-unsaturated/α-hetero) is 1. The molecule has 2 atom stereocenters. The van der Waals surface area contributed by atoms with E-state index in [1.165, 1.54) is 0 Å². The van der Waals surface area contributed by atoms with Crippen LogP contribution in [0.1, 0.15) is 46.5 Å². The number of hydrogen-bond donors (Lipinski definition) is 1. The van der Waals surface area contributed by atoms with Crippen LogP contribution in [0.3, 0.4) is 0 Å². The summed E-state index contributed by atoms with van der Waals surface area (Å²) < 4.78 is 0. The molecule has 2 unspecified atom stereocenters. The standard InChI is InChI=1S/C14H26N2O2/c1-4-6-11(2)15-14(18)10-16-8-5-7-13(9-16)12(3)17/h11,13H,4-10H2,1-3H3,(H,15,18). The number of nitrogens with one attached hydrogen (secondary N) is 1. The molecule has 4 nitrogen and oxygen atoms in total. The molecule has 1 aliphatic rings. The van der Waals surface area contributed by atoms with E-state index in [-0.39, 0.29) is 23.7 Å². The Bertz CT molecular complexity index is 292. The molecule has 0 aromatic carbocycles. The molecule has 1 rings (SSSR count). The molecular weight excluding hydrogens is 228 g/mol. The first-order valence-corrected chi connectivity index (χ1v) is 7.05. The number of rotatable bonds is 6. The molecular formula is C14H26N2O2. The van der Waals surface area contributed by atoms with Crippen LogP contribution >= 0.6 is 0 Å². The van der Waals surface area contributed by atoms with Gasteiger partial charge in [-0.3, -0.25) is 14.5 Å². The number of amides is 1. The molecule has 0 saturated carbocycles. The van der Waals surface area contributed by atoms with Gasteiger partial charge < -0.3 is 5.32 Å². The Morgan fingerprint density at radius 3 is 2.78 bits per heavy atom. The van der Waals surface area contributed by atoms with Crippen molar-refractivity contribution in [3.63, 3.8) is 0 Å². The molecule has 1 heterocycles. The number of ketones is 1. The van der Waals surface area contributed by atoms with Crippen LogP contribution in [0.2, 0.25) is 0 Å². The molecule has 1 aliphatic heterocycles. The molecule has 1 amide bonds. The van der Waals surface area contributed by atoms with Gasteiger partial charge >= 0.3 is 0 Å². The van der Waals surface area contributed by atoms with Crippen LogP contribution in [0, 0.1) is 5.92 Å². The lowest BCUT2D eigenvalue weighted by atomic mass is 9.94. The van der Waals surface area contributed by atoms with E-state index in [1.807, 2.05) is 6.92 Å². The van der Waals surface area contributed by atoms with Crippen molar-refractivity contribution in [2.24, 2.45) is 5.92 Å². The summed E-state index contributed by atoms with van der Waals surface area (Å²) in [5.41, 5.74) is 0. The van der Waals surface area contributed by atoms with E-state index in [0.717, 1.165) is 38.8 Å². The minimum Gasteiger partial charge on any atom is -0.353 e. The predicted molar refractivity (Wildman–Crippen MR) is 72.4 cm³/mol. The molecule has 1 saturated heterocycles. The highest BCUT2D eigenvalue weighted by atomic mass is 16.2. The van der Waals surface area contributed by atoms with E-state index in [0.29, 0.717) is 6.54 Å². The quantitative estimate of drug-likeness (QED) is 0.783. The molecule has 0 aliphatic carbocycles. The number of nitrogens with zero attached hydrogens (tertiary/aromatic N) is 1. The lowest BCUT2D eigenvalue weighted by molar-refractivity contribution is -0.126. The number of likely N-dealkylation sites (tertiary alicyclic amines) is 1. The molecule has 0 aromatic heterocycles. The van der Waals surface area contributed by atoms with Gasteiger partial charge in [-0.2, -0.15) is 0 Å². The topological polar surface area (TPSA) is 49.4 Å². The highest BCUT2D eigenvalue weighted by Gasteiger charge is 2.24. The van der Waals surface area contributed by atoms with Gasteiger partial charge in [-0.05, 0) is 39.7 Å². The second kappa shape index (κ2) is 7.52. The van der Waals surface area contributed by atoms with Crippen LogP contribution in [-0.2, 0) is 9.59 Å². The van der Waals surface area contributed by atoms with Gasteiger partial charge in [0.15, 0.2) is 0 Å². The number of piperidine rings is 1. The van der Waals surface area contributed by atoms with Crippen LogP contribution in [0.4, 0.5) is 0 Å². The molecule has 1 N–H and O–H groups in total.